The first-order valence-corrected chi connectivity index (χ1v) is 7.53. The number of hydrogen-bond acceptors (Lipinski definition) is 3. The van der Waals surface area contributed by atoms with Crippen LogP contribution < -0.4 is 16.0 Å². The monoisotopic (exact) mass is 275 g/mol. The topological polar surface area (TPSA) is 58.4 Å². The van der Waals surface area contributed by atoms with Gasteiger partial charge in [-0.2, -0.15) is 0 Å². The predicted molar refractivity (Wildman–Crippen MR) is 83.9 cm³/mol. The highest BCUT2D eigenvalue weighted by Crippen LogP contribution is 2.22. The highest BCUT2D eigenvalue weighted by Gasteiger charge is 2.19. The summed E-state index contributed by atoms with van der Waals surface area (Å²) in [5, 5.41) is 2.89. The van der Waals surface area contributed by atoms with Crippen molar-refractivity contribution in [2.75, 3.05) is 23.3 Å². The molecule has 2 rings (SSSR count). The lowest BCUT2D eigenvalue weighted by Crippen LogP contribution is -2.40. The minimum absolute atomic E-state index is 0.103. The van der Waals surface area contributed by atoms with Gasteiger partial charge in [0.1, 0.15) is 0 Å². The van der Waals surface area contributed by atoms with E-state index in [1.165, 1.54) is 18.5 Å². The van der Waals surface area contributed by atoms with E-state index >= 15 is 0 Å². The molecule has 0 unspecified atom stereocenters. The van der Waals surface area contributed by atoms with Gasteiger partial charge in [0.05, 0.1) is 6.04 Å². The molecule has 20 heavy (non-hydrogen) atoms. The molecule has 1 aliphatic rings. The lowest BCUT2D eigenvalue weighted by atomic mass is 9.99. The first-order valence-electron chi connectivity index (χ1n) is 7.53. The molecule has 1 amide bonds. The SMILES string of the molecule is CC[C@H](C)[C@H](N)C(=O)Nc1ccc(N2CCCC2)cc1. The number of amides is 1. The van der Waals surface area contributed by atoms with E-state index in [1.807, 2.05) is 26.0 Å². The molecule has 3 N–H and O–H groups in total. The fraction of sp³-hybridized carbons (Fsp3) is 0.562. The smallest absolute Gasteiger partial charge is 0.241 e. The maximum atomic E-state index is 12.0. The minimum atomic E-state index is -0.446. The molecule has 0 spiro atoms. The number of benzene rings is 1. The maximum absolute atomic E-state index is 12.0. The molecule has 1 fully saturated rings. The molecule has 110 valence electrons. The second-order valence-electron chi connectivity index (χ2n) is 5.64. The molecular formula is C16H25N3O. The third-order valence-corrected chi connectivity index (χ3v) is 4.17. The van der Waals surface area contributed by atoms with Crippen molar-refractivity contribution in [2.24, 2.45) is 11.7 Å². The molecule has 1 aromatic carbocycles. The number of rotatable bonds is 5. The van der Waals surface area contributed by atoms with Crippen LogP contribution in [0.3, 0.4) is 0 Å². The summed E-state index contributed by atoms with van der Waals surface area (Å²) in [5.41, 5.74) is 7.97. The molecule has 0 radical (unpaired) electrons. The second-order valence-corrected chi connectivity index (χ2v) is 5.64. The molecule has 1 aliphatic heterocycles. The van der Waals surface area contributed by atoms with E-state index in [2.05, 4.69) is 22.3 Å². The second kappa shape index (κ2) is 6.75. The van der Waals surface area contributed by atoms with Crippen molar-refractivity contribution < 1.29 is 4.79 Å². The van der Waals surface area contributed by atoms with Gasteiger partial charge >= 0.3 is 0 Å². The van der Waals surface area contributed by atoms with Crippen molar-refractivity contribution in [2.45, 2.75) is 39.2 Å². The molecule has 0 bridgehead atoms. The Bertz CT molecular complexity index is 438. The summed E-state index contributed by atoms with van der Waals surface area (Å²) in [6, 6.07) is 7.59. The number of anilines is 2. The molecular weight excluding hydrogens is 250 g/mol. The van der Waals surface area contributed by atoms with Gasteiger partial charge in [-0.1, -0.05) is 20.3 Å². The Morgan fingerprint density at radius 1 is 1.30 bits per heavy atom. The quantitative estimate of drug-likeness (QED) is 0.868. The first-order chi connectivity index (χ1) is 9.61. The van der Waals surface area contributed by atoms with E-state index in [4.69, 9.17) is 5.73 Å². The van der Waals surface area contributed by atoms with Crippen molar-refractivity contribution in [3.8, 4) is 0 Å². The Morgan fingerprint density at radius 3 is 2.45 bits per heavy atom. The van der Waals surface area contributed by atoms with Gasteiger partial charge in [-0.05, 0) is 43.0 Å². The fourth-order valence-electron chi connectivity index (χ4n) is 2.47. The Labute approximate surface area is 121 Å². The number of carbonyl (C=O) groups is 1. The number of hydrogen-bond donors (Lipinski definition) is 2. The Kier molecular flexibility index (Phi) is 5.01. The molecule has 0 aliphatic carbocycles. The van der Waals surface area contributed by atoms with Crippen LogP contribution in [-0.2, 0) is 4.79 Å². The summed E-state index contributed by atoms with van der Waals surface area (Å²) in [6.45, 7) is 6.30. The van der Waals surface area contributed by atoms with E-state index < -0.39 is 6.04 Å². The summed E-state index contributed by atoms with van der Waals surface area (Å²) in [4.78, 5) is 14.4. The Morgan fingerprint density at radius 2 is 1.90 bits per heavy atom. The lowest BCUT2D eigenvalue weighted by Gasteiger charge is -2.19. The average Bonchev–Trinajstić information content (AvgIpc) is 3.00. The average molecular weight is 275 g/mol. The van der Waals surface area contributed by atoms with Gasteiger partial charge in [-0.3, -0.25) is 4.79 Å². The maximum Gasteiger partial charge on any atom is 0.241 e. The van der Waals surface area contributed by atoms with E-state index in [9.17, 15) is 4.79 Å². The van der Waals surface area contributed by atoms with E-state index in [0.29, 0.717) is 0 Å². The minimum Gasteiger partial charge on any atom is -0.372 e. The standard InChI is InChI=1S/C16H25N3O/c1-3-12(2)15(17)16(20)18-13-6-8-14(9-7-13)19-10-4-5-11-19/h6-9,12,15H,3-5,10-11,17H2,1-2H3,(H,18,20)/t12-,15-/m0/s1. The molecule has 2 atom stereocenters. The van der Waals surface area contributed by atoms with Crippen molar-refractivity contribution in [3.63, 3.8) is 0 Å². The van der Waals surface area contributed by atoms with Crippen LogP contribution in [0.4, 0.5) is 11.4 Å². The van der Waals surface area contributed by atoms with E-state index in [1.54, 1.807) is 0 Å². The summed E-state index contributed by atoms with van der Waals surface area (Å²) in [6.07, 6.45) is 3.44. The first kappa shape index (κ1) is 14.9. The van der Waals surface area contributed by atoms with Gasteiger partial charge < -0.3 is 16.0 Å². The summed E-state index contributed by atoms with van der Waals surface area (Å²) < 4.78 is 0. The van der Waals surface area contributed by atoms with Crippen molar-refractivity contribution in [1.29, 1.82) is 0 Å². The Hall–Kier alpha value is -1.55. The third kappa shape index (κ3) is 3.51. The van der Waals surface area contributed by atoms with Crippen LogP contribution in [0.5, 0.6) is 0 Å². The van der Waals surface area contributed by atoms with Crippen LogP contribution in [0.2, 0.25) is 0 Å². The molecule has 1 aromatic rings. The number of nitrogens with one attached hydrogen (secondary N) is 1. The normalized spacial score (nSPS) is 17.9. The highest BCUT2D eigenvalue weighted by molar-refractivity contribution is 5.95. The van der Waals surface area contributed by atoms with Crippen LogP contribution in [0.1, 0.15) is 33.1 Å². The van der Waals surface area contributed by atoms with Crippen LogP contribution in [0, 0.1) is 5.92 Å². The molecule has 1 saturated heterocycles. The lowest BCUT2D eigenvalue weighted by molar-refractivity contribution is -0.118. The predicted octanol–water partition coefficient (Wildman–Crippen LogP) is 2.60. The van der Waals surface area contributed by atoms with Crippen molar-refractivity contribution >= 4 is 17.3 Å². The summed E-state index contributed by atoms with van der Waals surface area (Å²) in [5.74, 6) is 0.0899. The van der Waals surface area contributed by atoms with Gasteiger partial charge in [0.2, 0.25) is 5.91 Å². The number of nitrogens with two attached hydrogens (primary N) is 1. The summed E-state index contributed by atoms with van der Waals surface area (Å²) in [7, 11) is 0. The fourth-order valence-corrected chi connectivity index (χ4v) is 2.47. The number of carbonyl (C=O) groups excluding carboxylic acids is 1. The van der Waals surface area contributed by atoms with Crippen molar-refractivity contribution in [3.05, 3.63) is 24.3 Å². The van der Waals surface area contributed by atoms with E-state index in [-0.39, 0.29) is 11.8 Å². The van der Waals surface area contributed by atoms with Crippen LogP contribution in [0.15, 0.2) is 24.3 Å². The summed E-state index contributed by atoms with van der Waals surface area (Å²) >= 11 is 0. The van der Waals surface area contributed by atoms with Gasteiger partial charge in [0, 0.05) is 24.5 Å². The molecule has 4 heteroatoms. The highest BCUT2D eigenvalue weighted by atomic mass is 16.2. The molecule has 0 saturated carbocycles. The largest absolute Gasteiger partial charge is 0.372 e. The van der Waals surface area contributed by atoms with E-state index in [0.717, 1.165) is 25.2 Å². The van der Waals surface area contributed by atoms with Gasteiger partial charge in [0.25, 0.3) is 0 Å². The van der Waals surface area contributed by atoms with Crippen LogP contribution in [-0.4, -0.2) is 25.0 Å². The van der Waals surface area contributed by atoms with Gasteiger partial charge in [0.15, 0.2) is 0 Å². The van der Waals surface area contributed by atoms with Crippen LogP contribution >= 0.6 is 0 Å². The van der Waals surface area contributed by atoms with Gasteiger partial charge in [-0.15, -0.1) is 0 Å². The molecule has 0 aromatic heterocycles. The zero-order valence-electron chi connectivity index (χ0n) is 12.4. The Balaban J connectivity index is 1.94. The molecule has 4 nitrogen and oxygen atoms in total. The van der Waals surface area contributed by atoms with Crippen LogP contribution in [0.25, 0.3) is 0 Å². The third-order valence-electron chi connectivity index (χ3n) is 4.17. The zero-order chi connectivity index (χ0) is 14.5. The zero-order valence-corrected chi connectivity index (χ0v) is 12.4. The number of nitrogens with zero attached hydrogens (tertiary/aromatic N) is 1. The molecule has 1 heterocycles. The van der Waals surface area contributed by atoms with Gasteiger partial charge in [-0.25, -0.2) is 0 Å². The van der Waals surface area contributed by atoms with Crippen molar-refractivity contribution in [1.82, 2.24) is 0 Å².